The van der Waals surface area contributed by atoms with Crippen molar-refractivity contribution in [3.05, 3.63) is 11.6 Å². The molecule has 11 atom stereocenters. The summed E-state index contributed by atoms with van der Waals surface area (Å²) < 4.78 is 0. The number of rotatable bonds is 5. The summed E-state index contributed by atoms with van der Waals surface area (Å²) in [5.74, 6) is -1.12. The Morgan fingerprint density at radius 3 is 2.29 bits per heavy atom. The molecule has 0 aromatic carbocycles. The Labute approximate surface area is 209 Å². The van der Waals surface area contributed by atoms with Crippen LogP contribution in [0.15, 0.2) is 11.6 Å². The second-order valence-electron chi connectivity index (χ2n) is 13.6. The van der Waals surface area contributed by atoms with Crippen molar-refractivity contribution < 1.29 is 35.4 Å². The van der Waals surface area contributed by atoms with Crippen LogP contribution in [0.4, 0.5) is 0 Å². The highest BCUT2D eigenvalue weighted by molar-refractivity contribution is 5.95. The normalized spacial score (nSPS) is 47.7. The van der Waals surface area contributed by atoms with Gasteiger partial charge in [0.2, 0.25) is 0 Å². The zero-order chi connectivity index (χ0) is 26.4. The summed E-state index contributed by atoms with van der Waals surface area (Å²) in [5, 5.41) is 66.6. The molecule has 7 heteroatoms. The number of carbonyl (C=O) groups is 1. The van der Waals surface area contributed by atoms with Crippen molar-refractivity contribution in [1.29, 1.82) is 0 Å². The lowest BCUT2D eigenvalue weighted by molar-refractivity contribution is -0.184. The summed E-state index contributed by atoms with van der Waals surface area (Å²) in [6, 6.07) is 0. The van der Waals surface area contributed by atoms with Gasteiger partial charge in [0.1, 0.15) is 0 Å². The first-order chi connectivity index (χ1) is 15.9. The van der Waals surface area contributed by atoms with E-state index in [0.29, 0.717) is 37.7 Å². The topological polar surface area (TPSA) is 138 Å². The van der Waals surface area contributed by atoms with E-state index < -0.39 is 51.9 Å². The molecule has 200 valence electrons. The monoisotopic (exact) mass is 494 g/mol. The number of aliphatic hydroxyl groups is 6. The van der Waals surface area contributed by atoms with Gasteiger partial charge < -0.3 is 30.6 Å². The van der Waals surface area contributed by atoms with Crippen LogP contribution in [0.3, 0.4) is 0 Å². The molecular formula is C28H46O7. The largest absolute Gasteiger partial charge is 0.390 e. The number of fused-ring (bicyclic) bond motifs is 5. The molecule has 0 aromatic rings. The van der Waals surface area contributed by atoms with Crippen LogP contribution in [0.2, 0.25) is 0 Å². The highest BCUT2D eigenvalue weighted by atomic mass is 16.3. The van der Waals surface area contributed by atoms with E-state index in [2.05, 4.69) is 0 Å². The number of hydrogen-bond acceptors (Lipinski definition) is 7. The lowest BCUT2D eigenvalue weighted by atomic mass is 9.45. The van der Waals surface area contributed by atoms with Crippen molar-refractivity contribution in [2.75, 3.05) is 0 Å². The predicted molar refractivity (Wildman–Crippen MR) is 131 cm³/mol. The Bertz CT molecular complexity index is 894. The SMILES string of the molecule is CC(C)C(C)(O)C[C@@H](O)C(C)(O)[C@H]1CC[C@@]2(O)C3=CC(=O)[C@@H]4C[C@@H](O)[C@@H](O)C[C@]4(C)C3CC[C@]12C. The fraction of sp³-hybridized carbons (Fsp3) is 0.893. The first-order valence-electron chi connectivity index (χ1n) is 13.4. The Morgan fingerprint density at radius 1 is 1.06 bits per heavy atom. The van der Waals surface area contributed by atoms with Crippen LogP contribution in [0.5, 0.6) is 0 Å². The molecule has 0 aliphatic heterocycles. The summed E-state index contributed by atoms with van der Waals surface area (Å²) in [6.45, 7) is 11.0. The lowest BCUT2D eigenvalue weighted by Gasteiger charge is -2.60. The standard InChI is InChI=1S/C28H46O7/c1-15(2)26(5,33)14-23(32)27(6,34)22-8-10-28(35)17-11-19(29)18-12-20(30)21(31)13-24(18,3)16(17)7-9-25(22,28)4/h11,15-16,18,20-23,30-35H,7-10,12-14H2,1-6H3/t16?,18-,20+,21-,22-,23+,24+,25+,26?,27?,28+/m0/s1. The van der Waals surface area contributed by atoms with E-state index >= 15 is 0 Å². The number of allylic oxidation sites excluding steroid dienone is 1. The molecule has 0 heterocycles. The highest BCUT2D eigenvalue weighted by Crippen LogP contribution is 2.68. The molecule has 0 aromatic heterocycles. The molecule has 4 aliphatic carbocycles. The fourth-order valence-corrected chi connectivity index (χ4v) is 8.37. The molecule has 3 unspecified atom stereocenters. The molecule has 0 amide bonds. The molecular weight excluding hydrogens is 448 g/mol. The minimum atomic E-state index is -1.54. The summed E-state index contributed by atoms with van der Waals surface area (Å²) in [7, 11) is 0. The molecule has 35 heavy (non-hydrogen) atoms. The molecule has 0 bridgehead atoms. The third kappa shape index (κ3) is 3.79. The summed E-state index contributed by atoms with van der Waals surface area (Å²) in [4.78, 5) is 13.3. The van der Waals surface area contributed by atoms with E-state index in [1.54, 1.807) is 19.9 Å². The van der Waals surface area contributed by atoms with Gasteiger partial charge in [-0.2, -0.15) is 0 Å². The van der Waals surface area contributed by atoms with Crippen LogP contribution in [0.25, 0.3) is 0 Å². The van der Waals surface area contributed by atoms with Gasteiger partial charge in [0.05, 0.1) is 35.1 Å². The zero-order valence-corrected chi connectivity index (χ0v) is 22.2. The number of carbonyl (C=O) groups excluding carboxylic acids is 1. The van der Waals surface area contributed by atoms with Crippen molar-refractivity contribution in [3.63, 3.8) is 0 Å². The molecule has 4 rings (SSSR count). The molecule has 3 saturated carbocycles. The van der Waals surface area contributed by atoms with Gasteiger partial charge in [-0.05, 0) is 87.2 Å². The van der Waals surface area contributed by atoms with Gasteiger partial charge in [0.25, 0.3) is 0 Å². The summed E-state index contributed by atoms with van der Waals surface area (Å²) >= 11 is 0. The van der Waals surface area contributed by atoms with Crippen molar-refractivity contribution >= 4 is 5.78 Å². The molecule has 0 spiro atoms. The second kappa shape index (κ2) is 8.34. The van der Waals surface area contributed by atoms with Gasteiger partial charge in [-0.1, -0.05) is 27.7 Å². The lowest BCUT2D eigenvalue weighted by Crippen LogP contribution is -2.63. The van der Waals surface area contributed by atoms with E-state index in [-0.39, 0.29) is 36.4 Å². The molecule has 0 radical (unpaired) electrons. The highest BCUT2D eigenvalue weighted by Gasteiger charge is 2.69. The van der Waals surface area contributed by atoms with Crippen molar-refractivity contribution in [1.82, 2.24) is 0 Å². The van der Waals surface area contributed by atoms with Gasteiger partial charge in [-0.3, -0.25) is 4.79 Å². The third-order valence-electron chi connectivity index (χ3n) is 11.3. The van der Waals surface area contributed by atoms with Crippen LogP contribution in [0.1, 0.15) is 86.5 Å². The minimum Gasteiger partial charge on any atom is -0.390 e. The average Bonchev–Trinajstić information content (AvgIpc) is 3.02. The second-order valence-corrected chi connectivity index (χ2v) is 13.6. The van der Waals surface area contributed by atoms with Gasteiger partial charge in [0, 0.05) is 17.8 Å². The summed E-state index contributed by atoms with van der Waals surface area (Å²) in [5.41, 5.74) is -4.62. The van der Waals surface area contributed by atoms with Crippen molar-refractivity contribution in [2.45, 2.75) is 122 Å². The average molecular weight is 495 g/mol. The first-order valence-corrected chi connectivity index (χ1v) is 13.4. The maximum Gasteiger partial charge on any atom is 0.159 e. The first kappa shape index (κ1) is 27.2. The van der Waals surface area contributed by atoms with Gasteiger partial charge in [-0.25, -0.2) is 0 Å². The van der Waals surface area contributed by atoms with Crippen LogP contribution >= 0.6 is 0 Å². The predicted octanol–water partition coefficient (Wildman–Crippen LogP) is 2.10. The summed E-state index contributed by atoms with van der Waals surface area (Å²) in [6.07, 6.45) is 1.32. The molecule has 0 saturated heterocycles. The Kier molecular flexibility index (Phi) is 6.48. The van der Waals surface area contributed by atoms with Gasteiger partial charge >= 0.3 is 0 Å². The zero-order valence-electron chi connectivity index (χ0n) is 22.2. The van der Waals surface area contributed by atoms with Crippen molar-refractivity contribution in [2.24, 2.45) is 34.5 Å². The van der Waals surface area contributed by atoms with Crippen LogP contribution in [-0.4, -0.2) is 71.5 Å². The van der Waals surface area contributed by atoms with Crippen LogP contribution in [-0.2, 0) is 4.79 Å². The van der Waals surface area contributed by atoms with Crippen LogP contribution < -0.4 is 0 Å². The molecule has 3 fully saturated rings. The van der Waals surface area contributed by atoms with Crippen LogP contribution in [0, 0.1) is 34.5 Å². The van der Waals surface area contributed by atoms with E-state index in [0.717, 1.165) is 0 Å². The molecule has 7 nitrogen and oxygen atoms in total. The Hall–Kier alpha value is -0.830. The van der Waals surface area contributed by atoms with E-state index in [9.17, 15) is 35.4 Å². The van der Waals surface area contributed by atoms with E-state index in [1.165, 1.54) is 0 Å². The van der Waals surface area contributed by atoms with E-state index in [1.807, 2.05) is 27.7 Å². The maximum atomic E-state index is 13.3. The van der Waals surface area contributed by atoms with Crippen molar-refractivity contribution in [3.8, 4) is 0 Å². The third-order valence-corrected chi connectivity index (χ3v) is 11.3. The Balaban J connectivity index is 1.68. The quantitative estimate of drug-likeness (QED) is 0.344. The minimum absolute atomic E-state index is 0.0203. The van der Waals surface area contributed by atoms with Gasteiger partial charge in [-0.15, -0.1) is 0 Å². The fourth-order valence-electron chi connectivity index (χ4n) is 8.37. The van der Waals surface area contributed by atoms with Gasteiger partial charge in [0.15, 0.2) is 5.78 Å². The smallest absolute Gasteiger partial charge is 0.159 e. The number of ketones is 1. The maximum absolute atomic E-state index is 13.3. The van der Waals surface area contributed by atoms with E-state index in [4.69, 9.17) is 0 Å². The molecule has 6 N–H and O–H groups in total. The Morgan fingerprint density at radius 2 is 1.69 bits per heavy atom. The number of aliphatic hydroxyl groups excluding tert-OH is 3. The number of hydrogen-bond donors (Lipinski definition) is 6. The molecule has 4 aliphatic rings.